The molecule has 0 radical (unpaired) electrons. The van der Waals surface area contributed by atoms with Gasteiger partial charge in [0, 0.05) is 64.3 Å². The zero-order valence-electron chi connectivity index (χ0n) is 37.5. The van der Waals surface area contributed by atoms with Gasteiger partial charge in [-0.1, -0.05) is 24.3 Å². The van der Waals surface area contributed by atoms with E-state index in [1.165, 1.54) is 5.56 Å². The number of nitrogens with one attached hydrogen (secondary N) is 1. The van der Waals surface area contributed by atoms with Gasteiger partial charge >= 0.3 is 138 Å². The number of aromatic nitrogens is 7. The summed E-state index contributed by atoms with van der Waals surface area (Å²) in [5, 5.41) is 8.43. The number of nitrogens with two attached hydrogens (primary N) is 2. The second kappa shape index (κ2) is 38.1. The molecule has 0 bridgehead atoms. The first-order valence-electron chi connectivity index (χ1n) is 18.4. The largest absolute Gasteiger partial charge is 1.00 e. The molecule has 0 saturated heterocycles. The molecule has 5 aromatic heterocycles. The minimum atomic E-state index is -0.472. The fourth-order valence-corrected chi connectivity index (χ4v) is 5.69. The van der Waals surface area contributed by atoms with Gasteiger partial charge in [-0.2, -0.15) is 0 Å². The van der Waals surface area contributed by atoms with E-state index in [9.17, 15) is 0 Å². The summed E-state index contributed by atoms with van der Waals surface area (Å²) >= 11 is 15.5. The Bertz CT molecular complexity index is 2270. The molecule has 0 aliphatic rings. The van der Waals surface area contributed by atoms with E-state index < -0.39 is 6.48 Å². The first kappa shape index (κ1) is 63.2. The number of hydrogen-bond acceptors (Lipinski definition) is 15. The third-order valence-electron chi connectivity index (χ3n) is 7.37. The SMILES string of the molecule is Brc1cnc2nc[nH]c2c1.CCOC(OCC)OCC.COc1ccc(CCl)cc1.COc1ccc(Cn2cnc3ncc(Br)cc32)cc1.Nc1cc(Br)cnc1N.O=CO[O-].[Cs+].[Cs+].[H-]. The van der Waals surface area contributed by atoms with Gasteiger partial charge in [0.25, 0.3) is 12.9 Å². The number of imidazole rings is 2. The van der Waals surface area contributed by atoms with Gasteiger partial charge in [-0.15, -0.1) is 11.6 Å². The van der Waals surface area contributed by atoms with Crippen molar-refractivity contribution in [2.75, 3.05) is 45.5 Å². The van der Waals surface area contributed by atoms with Crippen molar-refractivity contribution >= 4 is 99.7 Å². The van der Waals surface area contributed by atoms with Gasteiger partial charge in [-0.25, -0.2) is 24.9 Å². The second-order valence-corrected chi connectivity index (χ2v) is 14.6. The summed E-state index contributed by atoms with van der Waals surface area (Å²) in [5.41, 5.74) is 17.0. The summed E-state index contributed by atoms with van der Waals surface area (Å²) in [5.74, 6) is 2.67. The maximum atomic E-state index is 8.64. The molecule has 0 saturated carbocycles. The Labute approximate surface area is 521 Å². The number of ether oxygens (including phenoxy) is 5. The van der Waals surface area contributed by atoms with Crippen LogP contribution in [0.15, 0.2) is 111 Å². The van der Waals surface area contributed by atoms with Crippen LogP contribution in [-0.4, -0.2) is 81.5 Å². The number of carbonyl (C=O) groups excluding carboxylic acids is 1. The van der Waals surface area contributed by atoms with E-state index in [1.807, 2.05) is 75.6 Å². The van der Waals surface area contributed by atoms with Crippen LogP contribution in [-0.2, 0) is 36.3 Å². The van der Waals surface area contributed by atoms with Gasteiger partial charge in [0.1, 0.15) is 17.3 Å². The third kappa shape index (κ3) is 25.5. The van der Waals surface area contributed by atoms with Crippen LogP contribution in [0.5, 0.6) is 11.5 Å². The Hall–Kier alpha value is -0.826. The molecule has 0 aliphatic carbocycles. The summed E-state index contributed by atoms with van der Waals surface area (Å²) in [4.78, 5) is 34.6. The molecule has 64 heavy (non-hydrogen) atoms. The van der Waals surface area contributed by atoms with Crippen LogP contribution >= 0.6 is 59.4 Å². The Morgan fingerprint density at radius 1 is 0.750 bits per heavy atom. The molecule has 5 heterocycles. The maximum absolute atomic E-state index is 8.64. The van der Waals surface area contributed by atoms with E-state index in [4.69, 9.17) is 56.8 Å². The minimum Gasteiger partial charge on any atom is -1.00 e. The fourth-order valence-electron chi connectivity index (χ4n) is 4.51. The van der Waals surface area contributed by atoms with Crippen LogP contribution in [0.1, 0.15) is 33.3 Å². The molecule has 0 spiro atoms. The summed E-state index contributed by atoms with van der Waals surface area (Å²) < 4.78 is 30.2. The summed E-state index contributed by atoms with van der Waals surface area (Å²) in [6.07, 6.45) is 8.53. The predicted octanol–water partition coefficient (Wildman–Crippen LogP) is 2.35. The summed E-state index contributed by atoms with van der Waals surface area (Å²) in [6, 6.07) is 21.4. The quantitative estimate of drug-likeness (QED) is 0.0524. The Morgan fingerprint density at radius 3 is 1.70 bits per heavy atom. The molecule has 0 atom stereocenters. The van der Waals surface area contributed by atoms with Crippen molar-refractivity contribution in [3.63, 3.8) is 0 Å². The number of pyridine rings is 3. The molecule has 23 heteroatoms. The van der Waals surface area contributed by atoms with Crippen LogP contribution < -0.4 is 164 Å². The molecule has 0 amide bonds. The van der Waals surface area contributed by atoms with Crippen LogP contribution in [0.3, 0.4) is 0 Å². The van der Waals surface area contributed by atoms with E-state index >= 15 is 0 Å². The van der Waals surface area contributed by atoms with E-state index in [0.717, 1.165) is 59.4 Å². The predicted molar refractivity (Wildman–Crippen MR) is 249 cm³/mol. The van der Waals surface area contributed by atoms with E-state index in [0.29, 0.717) is 37.2 Å². The van der Waals surface area contributed by atoms with Crippen molar-refractivity contribution < 1.29 is 178 Å². The van der Waals surface area contributed by atoms with Crippen molar-refractivity contribution in [1.82, 2.24) is 34.5 Å². The zero-order valence-corrected chi connectivity index (χ0v) is 54.6. The molecule has 0 fully saturated rings. The van der Waals surface area contributed by atoms with Crippen LogP contribution in [0.4, 0.5) is 11.5 Å². The zero-order chi connectivity index (χ0) is 45.7. The molecule has 7 aromatic rings. The van der Waals surface area contributed by atoms with Gasteiger partial charge in [-0.3, -0.25) is 4.79 Å². The van der Waals surface area contributed by atoms with E-state index in [-0.39, 0.29) is 146 Å². The smallest absolute Gasteiger partial charge is 1.00 e. The number of hydrogen-bond donors (Lipinski definition) is 3. The molecule has 0 aliphatic heterocycles. The van der Waals surface area contributed by atoms with Gasteiger partial charge < -0.3 is 56.3 Å². The number of carbonyl (C=O) groups is 1. The van der Waals surface area contributed by atoms with E-state index in [2.05, 4.69) is 99.3 Å². The van der Waals surface area contributed by atoms with Crippen molar-refractivity contribution in [2.45, 2.75) is 39.7 Å². The first-order valence-corrected chi connectivity index (χ1v) is 21.3. The molecule has 17 nitrogen and oxygen atoms in total. The number of methoxy groups -OCH3 is 2. The average molecular weight is 1340 g/mol. The van der Waals surface area contributed by atoms with Crippen molar-refractivity contribution in [1.29, 1.82) is 0 Å². The van der Waals surface area contributed by atoms with Gasteiger partial charge in [-0.05, 0) is 122 Å². The van der Waals surface area contributed by atoms with Crippen molar-refractivity contribution in [3.8, 4) is 11.5 Å². The normalized spacial score (nSPS) is 9.67. The molecular formula is C41H49Br3ClCs2N9O8. The number of nitrogens with zero attached hydrogens (tertiary/aromatic N) is 6. The standard InChI is InChI=1S/C14H12BrN3O.C8H9ClO.C7H16O3.C6H4BrN3.C5H6BrN3.CH2O3.2Cs.H/c1-19-12-4-2-10(3-5-12)8-18-9-17-14-13(18)6-11(15)7-16-14;1-10-8-4-2-7(6-9)3-5-8;1-4-8-7(9-5-2)10-6-3;7-4-1-5-6(8-2-4)10-3-9-5;6-3-1-4(7)5(8)9-2-3;2-1-4-3;;;/h2-7,9H,8H2,1H3;2-5H,6H2,1H3;7H,4-6H2,1-3H3;1-3H,(H,8,9,10);1-2H,7H2,(H2,8,9);1,3H;;;/q;;;;;;2*+1;-1/p-1. The minimum absolute atomic E-state index is 0. The average Bonchev–Trinajstić information content (AvgIpc) is 3.93. The molecule has 2 aromatic carbocycles. The molecule has 336 valence electrons. The number of H-pyrrole nitrogens is 1. The number of fused-ring (bicyclic) bond motifs is 2. The van der Waals surface area contributed by atoms with Crippen molar-refractivity contribution in [2.24, 2.45) is 0 Å². The van der Waals surface area contributed by atoms with Gasteiger partial charge in [0.2, 0.25) is 0 Å². The van der Waals surface area contributed by atoms with Crippen LogP contribution in [0, 0.1) is 0 Å². The number of rotatable bonds is 12. The van der Waals surface area contributed by atoms with E-state index in [1.54, 1.807) is 45.2 Å². The number of aromatic amines is 1. The van der Waals surface area contributed by atoms with Crippen LogP contribution in [0.25, 0.3) is 22.3 Å². The topological polar surface area (TPSA) is 233 Å². The molecular weight excluding hydrogens is 1290 g/mol. The number of halogens is 4. The number of benzene rings is 2. The Morgan fingerprint density at radius 2 is 1.23 bits per heavy atom. The van der Waals surface area contributed by atoms with Gasteiger partial charge in [0.15, 0.2) is 11.3 Å². The maximum Gasteiger partial charge on any atom is 1.00 e. The number of anilines is 2. The molecule has 0 unspecified atom stereocenters. The Kier molecular flexibility index (Phi) is 37.6. The number of nitrogen functional groups attached to an aromatic ring is 2. The van der Waals surface area contributed by atoms with Gasteiger partial charge in [0.05, 0.1) is 43.6 Å². The second-order valence-electron chi connectivity index (χ2n) is 11.6. The molecule has 5 N–H and O–H groups in total. The first-order chi connectivity index (χ1) is 29.9. The summed E-state index contributed by atoms with van der Waals surface area (Å²) in [6.45, 7) is 7.68. The molecule has 7 rings (SSSR count). The van der Waals surface area contributed by atoms with Crippen LogP contribution in [0.2, 0.25) is 0 Å². The fraction of sp³-hybridized carbons (Fsp3) is 0.268. The Balaban J connectivity index is 0. The summed E-state index contributed by atoms with van der Waals surface area (Å²) in [7, 11) is 3.32. The van der Waals surface area contributed by atoms with Crippen molar-refractivity contribution in [3.05, 3.63) is 123 Å². The third-order valence-corrected chi connectivity index (χ3v) is 8.98. The number of alkyl halides is 1. The monoisotopic (exact) mass is 1330 g/mol.